The minimum Gasteiger partial charge on any atom is -0.328 e. The van der Waals surface area contributed by atoms with Crippen LogP contribution in [0.25, 0.3) is 0 Å². The molecule has 1 atom stereocenters. The Hall–Kier alpha value is -0.830. The van der Waals surface area contributed by atoms with E-state index in [2.05, 4.69) is 10.2 Å². The molecule has 3 nitrogen and oxygen atoms in total. The van der Waals surface area contributed by atoms with E-state index in [9.17, 15) is 0 Å². The zero-order valence-electron chi connectivity index (χ0n) is 8.79. The summed E-state index contributed by atoms with van der Waals surface area (Å²) >= 11 is 0. The first-order chi connectivity index (χ1) is 6.77. The van der Waals surface area contributed by atoms with Gasteiger partial charge in [-0.2, -0.15) is 5.10 Å². The molecule has 0 bridgehead atoms. The molecule has 1 aromatic heterocycles. The highest BCUT2D eigenvalue weighted by molar-refractivity contribution is 5.23. The summed E-state index contributed by atoms with van der Waals surface area (Å²) in [4.78, 5) is 0. The van der Waals surface area contributed by atoms with Crippen LogP contribution in [0.2, 0.25) is 0 Å². The fraction of sp³-hybridized carbons (Fsp3) is 0.727. The summed E-state index contributed by atoms with van der Waals surface area (Å²) < 4.78 is 0. The van der Waals surface area contributed by atoms with Crippen LogP contribution >= 0.6 is 0 Å². The Bertz CT molecular complexity index is 284. The van der Waals surface area contributed by atoms with Crippen LogP contribution in [-0.2, 0) is 6.42 Å². The second kappa shape index (κ2) is 4.13. The van der Waals surface area contributed by atoms with Crippen molar-refractivity contribution in [3.05, 3.63) is 17.5 Å². The van der Waals surface area contributed by atoms with Crippen LogP contribution in [0.1, 0.15) is 49.8 Å². The third-order valence-electron chi connectivity index (χ3n) is 3.07. The number of H-pyrrole nitrogens is 1. The van der Waals surface area contributed by atoms with Crippen molar-refractivity contribution in [1.82, 2.24) is 10.2 Å². The van der Waals surface area contributed by atoms with Crippen LogP contribution in [0.15, 0.2) is 6.20 Å². The molecule has 0 spiro atoms. The molecular formula is C11H19N3. The highest BCUT2D eigenvalue weighted by atomic mass is 15.1. The van der Waals surface area contributed by atoms with Crippen molar-refractivity contribution >= 4 is 0 Å². The van der Waals surface area contributed by atoms with Crippen molar-refractivity contribution in [2.45, 2.75) is 51.0 Å². The summed E-state index contributed by atoms with van der Waals surface area (Å²) in [5.41, 5.74) is 8.48. The van der Waals surface area contributed by atoms with Crippen LogP contribution in [0.4, 0.5) is 0 Å². The predicted octanol–water partition coefficient (Wildman–Crippen LogP) is 1.96. The molecule has 1 fully saturated rings. The second-order valence-corrected chi connectivity index (χ2v) is 4.47. The minimum atomic E-state index is 0.218. The summed E-state index contributed by atoms with van der Waals surface area (Å²) in [6.07, 6.45) is 8.30. The fourth-order valence-corrected chi connectivity index (χ4v) is 2.40. The minimum absolute atomic E-state index is 0.218. The van der Waals surface area contributed by atoms with Crippen molar-refractivity contribution in [2.24, 2.45) is 5.73 Å². The zero-order valence-corrected chi connectivity index (χ0v) is 8.79. The van der Waals surface area contributed by atoms with E-state index in [0.29, 0.717) is 0 Å². The van der Waals surface area contributed by atoms with Gasteiger partial charge in [-0.1, -0.05) is 12.8 Å². The van der Waals surface area contributed by atoms with E-state index in [-0.39, 0.29) is 6.04 Å². The summed E-state index contributed by atoms with van der Waals surface area (Å²) in [7, 11) is 0. The van der Waals surface area contributed by atoms with Gasteiger partial charge in [-0.05, 0) is 31.2 Å². The number of nitrogens with one attached hydrogen (secondary N) is 1. The van der Waals surface area contributed by atoms with Gasteiger partial charge in [0.2, 0.25) is 0 Å². The lowest BCUT2D eigenvalue weighted by Gasteiger charge is -2.10. The molecular weight excluding hydrogens is 174 g/mol. The van der Waals surface area contributed by atoms with E-state index in [1.54, 1.807) is 0 Å². The van der Waals surface area contributed by atoms with Crippen molar-refractivity contribution < 1.29 is 0 Å². The molecule has 0 amide bonds. The molecule has 1 aliphatic rings. The topological polar surface area (TPSA) is 54.7 Å². The number of nitrogens with zero attached hydrogens (tertiary/aromatic N) is 1. The molecule has 1 saturated carbocycles. The molecule has 0 saturated heterocycles. The molecule has 3 heteroatoms. The summed E-state index contributed by atoms with van der Waals surface area (Å²) in [5, 5.41) is 7.22. The molecule has 0 aromatic carbocycles. The van der Waals surface area contributed by atoms with Gasteiger partial charge in [0.25, 0.3) is 0 Å². The van der Waals surface area contributed by atoms with Gasteiger partial charge in [0.1, 0.15) is 0 Å². The summed E-state index contributed by atoms with van der Waals surface area (Å²) in [6.45, 7) is 2.04. The van der Waals surface area contributed by atoms with Crippen LogP contribution in [0.5, 0.6) is 0 Å². The van der Waals surface area contributed by atoms with Gasteiger partial charge in [-0.15, -0.1) is 0 Å². The molecule has 3 N–H and O–H groups in total. The highest BCUT2D eigenvalue weighted by Crippen LogP contribution is 2.35. The molecule has 0 aliphatic heterocycles. The number of nitrogens with two attached hydrogens (primary N) is 1. The Labute approximate surface area is 85.1 Å². The average Bonchev–Trinajstić information content (AvgIpc) is 2.70. The van der Waals surface area contributed by atoms with Crippen molar-refractivity contribution in [3.8, 4) is 0 Å². The number of aromatic nitrogens is 2. The standard InChI is InChI=1S/C11H19N3/c1-8(12)6-11-10(7-13-14-11)9-4-2-3-5-9/h7-9H,2-6,12H2,1H3,(H,13,14). The van der Waals surface area contributed by atoms with E-state index >= 15 is 0 Å². The molecule has 1 aliphatic carbocycles. The SMILES string of the molecule is CC(N)Cc1[nH]ncc1C1CCCC1. The molecule has 14 heavy (non-hydrogen) atoms. The number of hydrogen-bond acceptors (Lipinski definition) is 2. The third-order valence-corrected chi connectivity index (χ3v) is 3.07. The summed E-state index contributed by atoms with van der Waals surface area (Å²) in [5.74, 6) is 0.738. The quantitative estimate of drug-likeness (QED) is 0.771. The predicted molar refractivity (Wildman–Crippen MR) is 57.2 cm³/mol. The monoisotopic (exact) mass is 193 g/mol. The average molecular weight is 193 g/mol. The number of hydrogen-bond donors (Lipinski definition) is 2. The Morgan fingerprint density at radius 3 is 2.93 bits per heavy atom. The van der Waals surface area contributed by atoms with Crippen LogP contribution < -0.4 is 5.73 Å². The second-order valence-electron chi connectivity index (χ2n) is 4.47. The Kier molecular flexibility index (Phi) is 2.87. The lowest BCUT2D eigenvalue weighted by Crippen LogP contribution is -2.19. The maximum Gasteiger partial charge on any atom is 0.0524 e. The van der Waals surface area contributed by atoms with Gasteiger partial charge in [0.15, 0.2) is 0 Å². The van der Waals surface area contributed by atoms with Gasteiger partial charge >= 0.3 is 0 Å². The Morgan fingerprint density at radius 1 is 1.57 bits per heavy atom. The van der Waals surface area contributed by atoms with Gasteiger partial charge in [-0.3, -0.25) is 5.10 Å². The first-order valence-electron chi connectivity index (χ1n) is 5.55. The normalized spacial score (nSPS) is 20.1. The molecule has 0 radical (unpaired) electrons. The third kappa shape index (κ3) is 1.98. The van der Waals surface area contributed by atoms with E-state index in [4.69, 9.17) is 5.73 Å². The maximum atomic E-state index is 5.80. The van der Waals surface area contributed by atoms with Gasteiger partial charge < -0.3 is 5.73 Å². The largest absolute Gasteiger partial charge is 0.328 e. The smallest absolute Gasteiger partial charge is 0.0524 e. The van der Waals surface area contributed by atoms with E-state index in [1.807, 2.05) is 13.1 Å². The van der Waals surface area contributed by atoms with Gasteiger partial charge in [0, 0.05) is 18.2 Å². The maximum absolute atomic E-state index is 5.80. The van der Waals surface area contributed by atoms with Crippen molar-refractivity contribution in [3.63, 3.8) is 0 Å². The fourth-order valence-electron chi connectivity index (χ4n) is 2.40. The first kappa shape index (κ1) is 9.71. The van der Waals surface area contributed by atoms with E-state index in [1.165, 1.54) is 36.9 Å². The van der Waals surface area contributed by atoms with E-state index < -0.39 is 0 Å². The van der Waals surface area contributed by atoms with Gasteiger partial charge in [-0.25, -0.2) is 0 Å². The van der Waals surface area contributed by atoms with Crippen molar-refractivity contribution in [1.29, 1.82) is 0 Å². The molecule has 2 rings (SSSR count). The van der Waals surface area contributed by atoms with E-state index in [0.717, 1.165) is 12.3 Å². The van der Waals surface area contributed by atoms with Crippen LogP contribution in [-0.4, -0.2) is 16.2 Å². The lowest BCUT2D eigenvalue weighted by molar-refractivity contribution is 0.677. The van der Waals surface area contributed by atoms with Crippen molar-refractivity contribution in [2.75, 3.05) is 0 Å². The Balaban J connectivity index is 2.12. The van der Waals surface area contributed by atoms with Gasteiger partial charge in [0.05, 0.1) is 6.20 Å². The number of aromatic amines is 1. The molecule has 1 aromatic rings. The summed E-state index contributed by atoms with van der Waals surface area (Å²) in [6, 6.07) is 0.218. The van der Waals surface area contributed by atoms with Crippen LogP contribution in [0.3, 0.4) is 0 Å². The van der Waals surface area contributed by atoms with Crippen LogP contribution in [0, 0.1) is 0 Å². The molecule has 78 valence electrons. The lowest BCUT2D eigenvalue weighted by atomic mass is 9.96. The zero-order chi connectivity index (χ0) is 9.97. The molecule has 1 heterocycles. The first-order valence-corrected chi connectivity index (χ1v) is 5.55. The number of rotatable bonds is 3. The Morgan fingerprint density at radius 2 is 2.29 bits per heavy atom. The molecule has 1 unspecified atom stereocenters. The highest BCUT2D eigenvalue weighted by Gasteiger charge is 2.21.